The molecule has 1 atom stereocenters. The Labute approximate surface area is 176 Å². The fraction of sp³-hybridized carbons (Fsp3) is 0.0833. The summed E-state index contributed by atoms with van der Waals surface area (Å²) in [4.78, 5) is 28.3. The molecule has 1 unspecified atom stereocenters. The van der Waals surface area contributed by atoms with Gasteiger partial charge in [0, 0.05) is 10.7 Å². The molecule has 0 saturated heterocycles. The lowest BCUT2D eigenvalue weighted by Crippen LogP contribution is -2.29. The number of hydrogen-bond acceptors (Lipinski definition) is 3. The standard InChI is InChI=1S/C24H15ClFNO3/c1-13-2-4-14(5-3-13)21-20-22(28)18-12-15(25)6-11-19(18)30-23(20)24(29)27(21)17-9-7-16(26)8-10-17/h2-12,21H,1H3. The fourth-order valence-electron chi connectivity index (χ4n) is 3.88. The maximum Gasteiger partial charge on any atom is 0.295 e. The van der Waals surface area contributed by atoms with E-state index in [9.17, 15) is 14.0 Å². The van der Waals surface area contributed by atoms with Crippen LogP contribution in [0.5, 0.6) is 0 Å². The SMILES string of the molecule is Cc1ccc(C2c3c(oc4ccc(Cl)cc4c3=O)C(=O)N2c2ccc(F)cc2)cc1. The van der Waals surface area contributed by atoms with Crippen molar-refractivity contribution in [1.29, 1.82) is 0 Å². The van der Waals surface area contributed by atoms with Crippen LogP contribution in [0.1, 0.15) is 33.3 Å². The van der Waals surface area contributed by atoms with Gasteiger partial charge in [-0.25, -0.2) is 4.39 Å². The molecule has 2 heterocycles. The van der Waals surface area contributed by atoms with E-state index < -0.39 is 17.8 Å². The van der Waals surface area contributed by atoms with Crippen molar-refractivity contribution in [3.05, 3.63) is 110 Å². The molecule has 1 amide bonds. The van der Waals surface area contributed by atoms with Gasteiger partial charge in [-0.05, 0) is 55.0 Å². The predicted molar refractivity (Wildman–Crippen MR) is 114 cm³/mol. The summed E-state index contributed by atoms with van der Waals surface area (Å²) in [6.45, 7) is 1.96. The van der Waals surface area contributed by atoms with Crippen LogP contribution >= 0.6 is 11.6 Å². The molecule has 4 nitrogen and oxygen atoms in total. The fourth-order valence-corrected chi connectivity index (χ4v) is 4.05. The summed E-state index contributed by atoms with van der Waals surface area (Å²) in [5.41, 5.74) is 2.51. The number of fused-ring (bicyclic) bond motifs is 2. The third-order valence-electron chi connectivity index (χ3n) is 5.33. The van der Waals surface area contributed by atoms with Gasteiger partial charge < -0.3 is 4.42 Å². The normalized spacial score (nSPS) is 15.6. The molecule has 5 rings (SSSR count). The summed E-state index contributed by atoms with van der Waals surface area (Å²) >= 11 is 6.09. The van der Waals surface area contributed by atoms with Crippen LogP contribution in [-0.2, 0) is 0 Å². The smallest absolute Gasteiger partial charge is 0.295 e. The topological polar surface area (TPSA) is 50.5 Å². The number of aryl methyl sites for hydroxylation is 1. The number of rotatable bonds is 2. The van der Waals surface area contributed by atoms with Crippen LogP contribution in [0, 0.1) is 12.7 Å². The third-order valence-corrected chi connectivity index (χ3v) is 5.57. The molecule has 0 N–H and O–H groups in total. The van der Waals surface area contributed by atoms with Crippen LogP contribution in [0.4, 0.5) is 10.1 Å². The van der Waals surface area contributed by atoms with Crippen molar-refractivity contribution in [2.75, 3.05) is 4.90 Å². The second-order valence-corrected chi connectivity index (χ2v) is 7.72. The average molecular weight is 420 g/mol. The van der Waals surface area contributed by atoms with Crippen molar-refractivity contribution in [3.63, 3.8) is 0 Å². The second kappa shape index (κ2) is 6.82. The van der Waals surface area contributed by atoms with Crippen molar-refractivity contribution in [1.82, 2.24) is 0 Å². The minimum Gasteiger partial charge on any atom is -0.450 e. The van der Waals surface area contributed by atoms with Crippen LogP contribution in [-0.4, -0.2) is 5.91 Å². The molecule has 0 bridgehead atoms. The summed E-state index contributed by atoms with van der Waals surface area (Å²) in [7, 11) is 0. The number of nitrogens with zero attached hydrogens (tertiary/aromatic N) is 1. The zero-order valence-corrected chi connectivity index (χ0v) is 16.6. The van der Waals surface area contributed by atoms with Crippen LogP contribution in [0.3, 0.4) is 0 Å². The quantitative estimate of drug-likeness (QED) is 0.422. The second-order valence-electron chi connectivity index (χ2n) is 7.28. The van der Waals surface area contributed by atoms with Gasteiger partial charge in [-0.3, -0.25) is 14.5 Å². The first-order valence-electron chi connectivity index (χ1n) is 9.36. The first kappa shape index (κ1) is 18.6. The Morgan fingerprint density at radius 2 is 1.67 bits per heavy atom. The summed E-state index contributed by atoms with van der Waals surface area (Å²) < 4.78 is 19.4. The number of amides is 1. The lowest BCUT2D eigenvalue weighted by Gasteiger charge is -2.25. The number of carbonyl (C=O) groups is 1. The number of anilines is 1. The Bertz CT molecular complexity index is 1360. The third kappa shape index (κ3) is 2.82. The molecular weight excluding hydrogens is 405 g/mol. The Hall–Kier alpha value is -3.44. The number of hydrogen-bond donors (Lipinski definition) is 0. The highest BCUT2D eigenvalue weighted by Gasteiger charge is 2.43. The first-order chi connectivity index (χ1) is 14.4. The molecule has 148 valence electrons. The zero-order chi connectivity index (χ0) is 21.0. The number of halogens is 2. The van der Waals surface area contributed by atoms with E-state index in [1.807, 2.05) is 31.2 Å². The monoisotopic (exact) mass is 419 g/mol. The highest BCUT2D eigenvalue weighted by molar-refractivity contribution is 6.31. The summed E-state index contributed by atoms with van der Waals surface area (Å²) in [6.07, 6.45) is 0. The van der Waals surface area contributed by atoms with E-state index in [4.69, 9.17) is 16.0 Å². The first-order valence-corrected chi connectivity index (χ1v) is 9.74. The molecule has 1 aliphatic heterocycles. The van der Waals surface area contributed by atoms with Gasteiger partial charge in [0.25, 0.3) is 5.91 Å². The lowest BCUT2D eigenvalue weighted by molar-refractivity contribution is 0.0971. The van der Waals surface area contributed by atoms with Crippen LogP contribution < -0.4 is 10.3 Å². The van der Waals surface area contributed by atoms with Gasteiger partial charge >= 0.3 is 0 Å². The van der Waals surface area contributed by atoms with E-state index in [0.29, 0.717) is 21.7 Å². The van der Waals surface area contributed by atoms with Gasteiger partial charge in [0.1, 0.15) is 11.4 Å². The van der Waals surface area contributed by atoms with Gasteiger partial charge in [-0.2, -0.15) is 0 Å². The molecule has 0 radical (unpaired) electrons. The van der Waals surface area contributed by atoms with E-state index in [1.54, 1.807) is 18.2 Å². The van der Waals surface area contributed by atoms with Gasteiger partial charge in [0.05, 0.1) is 17.0 Å². The van der Waals surface area contributed by atoms with Crippen molar-refractivity contribution in [2.24, 2.45) is 0 Å². The molecule has 0 spiro atoms. The van der Waals surface area contributed by atoms with Crippen molar-refractivity contribution >= 4 is 34.2 Å². The minimum absolute atomic E-state index is 0.00952. The molecule has 0 saturated carbocycles. The highest BCUT2D eigenvalue weighted by atomic mass is 35.5. The summed E-state index contributed by atoms with van der Waals surface area (Å²) in [5, 5.41) is 0.716. The lowest BCUT2D eigenvalue weighted by atomic mass is 9.97. The van der Waals surface area contributed by atoms with E-state index in [-0.39, 0.29) is 16.8 Å². The minimum atomic E-state index is -0.696. The van der Waals surface area contributed by atoms with Crippen LogP contribution in [0.2, 0.25) is 5.02 Å². The molecule has 1 aliphatic rings. The number of benzene rings is 3. The average Bonchev–Trinajstić information content (AvgIpc) is 3.03. The maximum absolute atomic E-state index is 13.5. The van der Waals surface area contributed by atoms with Crippen molar-refractivity contribution in [2.45, 2.75) is 13.0 Å². The van der Waals surface area contributed by atoms with E-state index >= 15 is 0 Å². The molecule has 30 heavy (non-hydrogen) atoms. The highest BCUT2D eigenvalue weighted by Crippen LogP contribution is 2.41. The Kier molecular flexibility index (Phi) is 4.22. The van der Waals surface area contributed by atoms with Gasteiger partial charge in [-0.1, -0.05) is 41.4 Å². The Balaban J connectivity index is 1.81. The Morgan fingerprint density at radius 1 is 0.967 bits per heavy atom. The van der Waals surface area contributed by atoms with E-state index in [0.717, 1.165) is 11.1 Å². The maximum atomic E-state index is 13.5. The molecule has 6 heteroatoms. The van der Waals surface area contributed by atoms with Gasteiger partial charge in [0.2, 0.25) is 5.76 Å². The Morgan fingerprint density at radius 3 is 2.37 bits per heavy atom. The molecule has 0 aliphatic carbocycles. The number of carbonyl (C=O) groups excluding carboxylic acids is 1. The zero-order valence-electron chi connectivity index (χ0n) is 15.9. The molecular formula is C24H15ClFNO3. The van der Waals surface area contributed by atoms with E-state index in [2.05, 4.69) is 0 Å². The van der Waals surface area contributed by atoms with Gasteiger partial charge in [-0.15, -0.1) is 0 Å². The van der Waals surface area contributed by atoms with E-state index in [1.165, 1.54) is 29.2 Å². The largest absolute Gasteiger partial charge is 0.450 e. The molecule has 0 fully saturated rings. The molecule has 1 aromatic heterocycles. The summed E-state index contributed by atoms with van der Waals surface area (Å²) in [5.74, 6) is -0.870. The van der Waals surface area contributed by atoms with Gasteiger partial charge in [0.15, 0.2) is 5.43 Å². The van der Waals surface area contributed by atoms with Crippen LogP contribution in [0.25, 0.3) is 11.0 Å². The molecule has 4 aromatic rings. The predicted octanol–water partition coefficient (Wildman–Crippen LogP) is 5.64. The van der Waals surface area contributed by atoms with Crippen LogP contribution in [0.15, 0.2) is 75.9 Å². The van der Waals surface area contributed by atoms with Crippen molar-refractivity contribution < 1.29 is 13.6 Å². The van der Waals surface area contributed by atoms with Crippen molar-refractivity contribution in [3.8, 4) is 0 Å². The summed E-state index contributed by atoms with van der Waals surface area (Å²) in [6, 6.07) is 17.2. The molecule has 3 aromatic carbocycles.